The molecule has 0 aliphatic rings. The van der Waals surface area contributed by atoms with Crippen molar-refractivity contribution in [2.75, 3.05) is 148 Å². The van der Waals surface area contributed by atoms with E-state index in [-0.39, 0.29) is 195 Å². The molecule has 0 heterocycles. The van der Waals surface area contributed by atoms with E-state index in [9.17, 15) is 91.1 Å². The molecule has 0 spiro atoms. The van der Waals surface area contributed by atoms with Crippen molar-refractivity contribution in [1.29, 1.82) is 0 Å². The second kappa shape index (κ2) is 79.3. The van der Waals surface area contributed by atoms with Crippen LogP contribution in [0.25, 0.3) is 0 Å². The Morgan fingerprint density at radius 3 is 0.762 bits per heavy atom. The number of carbonyl (C=O) groups excluding carboxylic acids is 19. The first-order valence-corrected chi connectivity index (χ1v) is 51.1. The Balaban J connectivity index is 1.39. The summed E-state index contributed by atoms with van der Waals surface area (Å²) in [7, 11) is 8.38. The molecular formula is C104H162N14O29. The molecule has 0 unspecified atom stereocenters. The van der Waals surface area contributed by atoms with Crippen LogP contribution in [0.1, 0.15) is 246 Å². The van der Waals surface area contributed by atoms with Gasteiger partial charge in [0.25, 0.3) is 0 Å². The van der Waals surface area contributed by atoms with Gasteiger partial charge in [-0.1, -0.05) is 105 Å². The molecule has 0 radical (unpaired) electrons. The van der Waals surface area contributed by atoms with Gasteiger partial charge in [0.05, 0.1) is 115 Å². The molecule has 43 nitrogen and oxygen atoms in total. The number of ether oxygens (including phenoxy) is 10. The summed E-state index contributed by atoms with van der Waals surface area (Å²) in [4.78, 5) is 238. The van der Waals surface area contributed by atoms with E-state index >= 15 is 0 Å². The van der Waals surface area contributed by atoms with Crippen molar-refractivity contribution < 1.29 is 138 Å². The van der Waals surface area contributed by atoms with Crippen LogP contribution in [0.3, 0.4) is 0 Å². The van der Waals surface area contributed by atoms with Crippen LogP contribution in [0.5, 0.6) is 0 Å². The van der Waals surface area contributed by atoms with Gasteiger partial charge in [-0.3, -0.25) is 62.3 Å². The molecule has 0 aliphatic heterocycles. The predicted octanol–water partition coefficient (Wildman–Crippen LogP) is 5.33. The molecule has 3 aromatic carbocycles. The van der Waals surface area contributed by atoms with E-state index in [1.807, 2.05) is 79.7 Å². The fraction of sp³-hybridized carbons (Fsp3) is 0.644. The highest BCUT2D eigenvalue weighted by molar-refractivity contribution is 5.89. The molecular weight excluding hydrogens is 1910 g/mol. The summed E-state index contributed by atoms with van der Waals surface area (Å²) in [6.45, 7) is 5.46. The molecule has 3 rings (SSSR count). The van der Waals surface area contributed by atoms with Crippen molar-refractivity contribution in [3.8, 4) is 0 Å². The first-order chi connectivity index (χ1) is 70.7. The lowest BCUT2D eigenvalue weighted by molar-refractivity contribution is -0.146. The molecule has 0 aliphatic carbocycles. The molecule has 43 heteroatoms. The summed E-state index contributed by atoms with van der Waals surface area (Å²) in [5, 5.41) is 38.6. The topological polar surface area (TPSA) is 585 Å². The van der Waals surface area contributed by atoms with Gasteiger partial charge in [0.1, 0.15) is 29.7 Å². The van der Waals surface area contributed by atoms with Crippen molar-refractivity contribution in [3.05, 3.63) is 106 Å². The fourth-order valence-electron chi connectivity index (χ4n) is 15.2. The summed E-state index contributed by atoms with van der Waals surface area (Å²) in [6, 6.07) is 17.3. The molecule has 14 N–H and O–H groups in total. The number of unbranched alkanes of at least 4 members (excludes halogenated alkanes) is 9. The van der Waals surface area contributed by atoms with E-state index in [2.05, 4.69) is 83.9 Å². The normalized spacial score (nSPS) is 12.0. The third-order valence-corrected chi connectivity index (χ3v) is 23.6. The molecule has 5 atom stereocenters. The van der Waals surface area contributed by atoms with Gasteiger partial charge in [-0.2, -0.15) is 0 Å². The first kappa shape index (κ1) is 128. The number of carbonyl (C=O) groups is 19. The zero-order valence-corrected chi connectivity index (χ0v) is 87.4. The zero-order chi connectivity index (χ0) is 108. The van der Waals surface area contributed by atoms with Crippen molar-refractivity contribution in [2.24, 2.45) is 5.92 Å². The van der Waals surface area contributed by atoms with Gasteiger partial charge < -0.3 is 122 Å². The van der Waals surface area contributed by atoms with Gasteiger partial charge in [0.15, 0.2) is 0 Å². The highest BCUT2D eigenvalue weighted by atomic mass is 16.6. The highest BCUT2D eigenvalue weighted by Gasteiger charge is 2.35. The van der Waals surface area contributed by atoms with Crippen molar-refractivity contribution in [3.63, 3.8) is 0 Å². The number of rotatable bonds is 82. The number of urea groups is 2. The molecule has 3 aromatic rings. The zero-order valence-electron chi connectivity index (χ0n) is 87.4. The Morgan fingerprint density at radius 1 is 0.252 bits per heavy atom. The lowest BCUT2D eigenvalue weighted by Crippen LogP contribution is -2.58. The second-order valence-electron chi connectivity index (χ2n) is 35.9. The van der Waals surface area contributed by atoms with Crippen LogP contribution in [0, 0.1) is 5.92 Å². The lowest BCUT2D eigenvalue weighted by Gasteiger charge is -2.34. The standard InChI is InChI=1S/C104H162N14O29/c1-74(97(131)140-5)28-19-22-56-111-92(126)68-79-43-37-76(38-44-79)29-13-10-16-34-86(120)105-59-25-62-108-89(123)53-65-145-71-104(118-75(2)119,72-146-66-54-90(124)109-63-26-60-106-87(121)35-17-11-14-30-77-39-45-80(46-40-77)69-93(127)112-57-23-20-32-82(98(132)141-6)114-102(136)116-84(100(134)143-8)49-51-95(129)138-3)73-147-67-55-91(125)110-64-27-61-107-88(122)36-18-12-15-31-78-41-47-81(48-42-78)70-94(128)113-58-24-21-33-83(99(133)142-7)115-103(137)117-85(101(135)144-9)50-52-96(130)139-4/h37-48,74,82-85H,10-36,49-73H2,1-9H3,(H,105,120)(H,106,121)(H,107,122)(H,108,123)(H,109,124)(H,110,125)(H,111,126)(H,112,127)(H,113,128)(H,118,119)(H2,114,116,136)(H2,115,117,137)/t74-,82-,83-,84-,85-/m0/s1. The van der Waals surface area contributed by atoms with E-state index in [1.165, 1.54) is 42.5 Å². The van der Waals surface area contributed by atoms with Gasteiger partial charge in [0, 0.05) is 117 Å². The summed E-state index contributed by atoms with van der Waals surface area (Å²) in [5.41, 5.74) is 4.54. The van der Waals surface area contributed by atoms with Crippen LogP contribution in [-0.4, -0.2) is 291 Å². The number of benzene rings is 3. The average molecular weight is 2070 g/mol. The van der Waals surface area contributed by atoms with Gasteiger partial charge in [0.2, 0.25) is 59.1 Å². The van der Waals surface area contributed by atoms with Crippen LogP contribution in [-0.2, 0) is 167 Å². The molecule has 0 bridgehead atoms. The van der Waals surface area contributed by atoms with E-state index in [4.69, 9.17) is 37.9 Å². The van der Waals surface area contributed by atoms with Crippen molar-refractivity contribution in [2.45, 2.75) is 281 Å². The van der Waals surface area contributed by atoms with Gasteiger partial charge in [-0.25, -0.2) is 28.8 Å². The summed E-state index contributed by atoms with van der Waals surface area (Å²) < 4.78 is 51.1. The number of aryl methyl sites for hydroxylation is 3. The maximum atomic E-state index is 13.0. The number of hydrogen-bond donors (Lipinski definition) is 14. The first-order valence-electron chi connectivity index (χ1n) is 51.1. The maximum Gasteiger partial charge on any atom is 0.328 e. The highest BCUT2D eigenvalue weighted by Crippen LogP contribution is 2.19. The Morgan fingerprint density at radius 2 is 0.497 bits per heavy atom. The van der Waals surface area contributed by atoms with Gasteiger partial charge in [-0.05, 0) is 175 Å². The molecule has 0 fully saturated rings. The van der Waals surface area contributed by atoms with Crippen LogP contribution in [0.15, 0.2) is 72.8 Å². The van der Waals surface area contributed by atoms with E-state index in [0.29, 0.717) is 136 Å². The van der Waals surface area contributed by atoms with E-state index in [1.54, 1.807) is 0 Å². The van der Waals surface area contributed by atoms with Crippen molar-refractivity contribution in [1.82, 2.24) is 74.4 Å². The van der Waals surface area contributed by atoms with Crippen LogP contribution >= 0.6 is 0 Å². The van der Waals surface area contributed by atoms with E-state index < -0.39 is 83.5 Å². The third kappa shape index (κ3) is 63.3. The second-order valence-corrected chi connectivity index (χ2v) is 35.9. The summed E-state index contributed by atoms with van der Waals surface area (Å²) >= 11 is 0. The Labute approximate surface area is 863 Å². The largest absolute Gasteiger partial charge is 0.469 e. The number of nitrogens with one attached hydrogen (secondary N) is 14. The molecule has 0 aromatic heterocycles. The monoisotopic (exact) mass is 2070 g/mol. The Bertz CT molecular complexity index is 4260. The summed E-state index contributed by atoms with van der Waals surface area (Å²) in [5.74, 6) is -6.68. The minimum Gasteiger partial charge on any atom is -0.469 e. The maximum absolute atomic E-state index is 13.0. The number of methoxy groups -OCH3 is 7. The quantitative estimate of drug-likeness (QED) is 0.0193. The fourth-order valence-corrected chi connectivity index (χ4v) is 15.2. The van der Waals surface area contributed by atoms with Crippen LogP contribution in [0.2, 0.25) is 0 Å². The minimum absolute atomic E-state index is 0.0415. The molecule has 147 heavy (non-hydrogen) atoms. The smallest absolute Gasteiger partial charge is 0.328 e. The average Bonchev–Trinajstić information content (AvgIpc) is 0.854. The summed E-state index contributed by atoms with van der Waals surface area (Å²) in [6.07, 6.45) is 16.4. The number of hydrogen-bond acceptors (Lipinski definition) is 29. The molecule has 822 valence electrons. The van der Waals surface area contributed by atoms with Gasteiger partial charge >= 0.3 is 53.8 Å². The van der Waals surface area contributed by atoms with Crippen molar-refractivity contribution >= 4 is 113 Å². The minimum atomic E-state index is -1.33. The van der Waals surface area contributed by atoms with Crippen LogP contribution < -0.4 is 74.4 Å². The molecule has 0 saturated carbocycles. The third-order valence-electron chi connectivity index (χ3n) is 23.6. The molecule has 14 amide bonds. The Kier molecular flexibility index (Phi) is 69.2. The lowest BCUT2D eigenvalue weighted by atomic mass is 10.0. The predicted molar refractivity (Wildman–Crippen MR) is 543 cm³/mol. The van der Waals surface area contributed by atoms with Crippen LogP contribution in [0.4, 0.5) is 9.59 Å². The Hall–Kier alpha value is -12.9. The molecule has 0 saturated heterocycles. The SMILES string of the molecule is COC(=O)CC[C@H](NC(=O)N[C@@H](CCCCNC(=O)Cc1ccc(CCCCCC(=O)NCCCNC(=O)CCOCC(COCCC(=O)NCCCNC(=O)CCCCCc2ccc(CC(=O)NCCCC[C@H](NC(=O)N[C@@H](CCC(=O)OC)C(=O)OC)C(=O)OC)cc2)(COCCC(=O)NCCCNC(=O)CCCCCc2ccc(CC(=O)NCCCC[C@H](C)C(=O)OC)cc2)NC(C)=O)cc1)C(=O)OC)C(=O)OC. The number of esters is 7. The van der Waals surface area contributed by atoms with Gasteiger partial charge in [-0.15, -0.1) is 0 Å². The van der Waals surface area contributed by atoms with E-state index in [0.717, 1.165) is 118 Å². The number of amides is 14.